The van der Waals surface area contributed by atoms with Crippen LogP contribution in [0, 0.1) is 0 Å². The van der Waals surface area contributed by atoms with E-state index in [0.717, 1.165) is 24.4 Å². The van der Waals surface area contributed by atoms with Gasteiger partial charge in [0.2, 0.25) is 0 Å². The second-order valence-corrected chi connectivity index (χ2v) is 5.13. The number of nitrogens with zero attached hydrogens (tertiary/aromatic N) is 2. The highest BCUT2D eigenvalue weighted by atomic mass is 35.5. The van der Waals surface area contributed by atoms with Crippen molar-refractivity contribution in [1.29, 1.82) is 0 Å². The predicted octanol–water partition coefficient (Wildman–Crippen LogP) is 3.34. The molecule has 0 unspecified atom stereocenters. The number of rotatable bonds is 1. The smallest absolute Gasteiger partial charge is 0.142 e. The van der Waals surface area contributed by atoms with Gasteiger partial charge in [-0.25, -0.2) is 4.98 Å². The van der Waals surface area contributed by atoms with E-state index in [1.165, 1.54) is 11.1 Å². The van der Waals surface area contributed by atoms with E-state index in [4.69, 9.17) is 16.3 Å². The molecule has 0 aromatic carbocycles. The topological polar surface area (TPSA) is 27.1 Å². The monoisotopic (exact) mass is 250 g/mol. The summed E-state index contributed by atoms with van der Waals surface area (Å²) in [6.45, 7) is 6.55. The van der Waals surface area contributed by atoms with Crippen molar-refractivity contribution in [2.75, 3.05) is 6.61 Å². The summed E-state index contributed by atoms with van der Waals surface area (Å²) < 4.78 is 7.66. The highest BCUT2D eigenvalue weighted by Gasteiger charge is 2.17. The molecular formula is C13H15ClN2O. The fraction of sp³-hybridized carbons (Fsp3) is 0.462. The molecule has 90 valence electrons. The Balaban J connectivity index is 2.24. The van der Waals surface area contributed by atoms with Crippen molar-refractivity contribution < 1.29 is 4.74 Å². The normalized spacial score (nSPS) is 15.5. The van der Waals surface area contributed by atoms with Gasteiger partial charge < -0.3 is 9.30 Å². The standard InChI is InChI=1S/C13H15ClN2O/c1-8(2)11-6-9-5-10-7-17-4-3-16(10)13(9)15-12(11)14/h5-6,8H,3-4,7H2,1-2H3. The van der Waals surface area contributed by atoms with Crippen molar-refractivity contribution in [1.82, 2.24) is 9.55 Å². The van der Waals surface area contributed by atoms with Gasteiger partial charge in [-0.05, 0) is 23.6 Å². The zero-order valence-corrected chi connectivity index (χ0v) is 10.8. The zero-order valence-electron chi connectivity index (χ0n) is 10.0. The van der Waals surface area contributed by atoms with E-state index >= 15 is 0 Å². The van der Waals surface area contributed by atoms with Gasteiger partial charge in [0.25, 0.3) is 0 Å². The van der Waals surface area contributed by atoms with Gasteiger partial charge in [0.15, 0.2) is 0 Å². The Morgan fingerprint density at radius 2 is 2.24 bits per heavy atom. The van der Waals surface area contributed by atoms with Crippen LogP contribution >= 0.6 is 11.6 Å². The van der Waals surface area contributed by atoms with Crippen LogP contribution in [-0.2, 0) is 17.9 Å². The Bertz CT molecular complexity index is 574. The lowest BCUT2D eigenvalue weighted by atomic mass is 10.0. The SMILES string of the molecule is CC(C)c1cc2cc3n(c2nc1Cl)CCOC3. The lowest BCUT2D eigenvalue weighted by Gasteiger charge is -2.16. The van der Waals surface area contributed by atoms with Crippen LogP contribution in [0.15, 0.2) is 12.1 Å². The maximum Gasteiger partial charge on any atom is 0.142 e. The van der Waals surface area contributed by atoms with Crippen LogP contribution in [0.5, 0.6) is 0 Å². The summed E-state index contributed by atoms with van der Waals surface area (Å²) in [4.78, 5) is 4.54. The predicted molar refractivity (Wildman–Crippen MR) is 68.5 cm³/mol. The lowest BCUT2D eigenvalue weighted by Crippen LogP contribution is -2.16. The van der Waals surface area contributed by atoms with Crippen molar-refractivity contribution in [3.63, 3.8) is 0 Å². The van der Waals surface area contributed by atoms with Gasteiger partial charge in [0.1, 0.15) is 10.8 Å². The van der Waals surface area contributed by atoms with Crippen molar-refractivity contribution in [2.45, 2.75) is 32.9 Å². The Morgan fingerprint density at radius 1 is 1.41 bits per heavy atom. The first-order valence-corrected chi connectivity index (χ1v) is 6.31. The molecule has 17 heavy (non-hydrogen) atoms. The number of hydrogen-bond donors (Lipinski definition) is 0. The number of ether oxygens (including phenoxy) is 1. The highest BCUT2D eigenvalue weighted by molar-refractivity contribution is 6.30. The molecular weight excluding hydrogens is 236 g/mol. The number of pyridine rings is 1. The summed E-state index contributed by atoms with van der Waals surface area (Å²) in [6.07, 6.45) is 0. The van der Waals surface area contributed by atoms with E-state index in [0.29, 0.717) is 17.7 Å². The summed E-state index contributed by atoms with van der Waals surface area (Å²) in [5.74, 6) is 0.396. The number of hydrogen-bond acceptors (Lipinski definition) is 2. The Kier molecular flexibility index (Phi) is 2.60. The van der Waals surface area contributed by atoms with Crippen LogP contribution in [0.4, 0.5) is 0 Å². The average molecular weight is 251 g/mol. The van der Waals surface area contributed by atoms with E-state index in [-0.39, 0.29) is 0 Å². The number of fused-ring (bicyclic) bond motifs is 3. The van der Waals surface area contributed by atoms with Crippen LogP contribution in [-0.4, -0.2) is 16.2 Å². The van der Waals surface area contributed by atoms with Crippen LogP contribution in [0.2, 0.25) is 5.15 Å². The third-order valence-electron chi connectivity index (χ3n) is 3.27. The fourth-order valence-electron chi connectivity index (χ4n) is 2.34. The van der Waals surface area contributed by atoms with Crippen molar-refractivity contribution >= 4 is 22.6 Å². The molecule has 0 aliphatic carbocycles. The number of aromatic nitrogens is 2. The third-order valence-corrected chi connectivity index (χ3v) is 3.57. The summed E-state index contributed by atoms with van der Waals surface area (Å²) in [7, 11) is 0. The van der Waals surface area contributed by atoms with Gasteiger partial charge in [-0.2, -0.15) is 0 Å². The maximum atomic E-state index is 6.24. The van der Waals surface area contributed by atoms with Crippen molar-refractivity contribution in [3.8, 4) is 0 Å². The molecule has 0 saturated heterocycles. The van der Waals surface area contributed by atoms with Crippen molar-refractivity contribution in [2.24, 2.45) is 0 Å². The molecule has 3 rings (SSSR count). The molecule has 0 amide bonds. The number of halogens is 1. The molecule has 0 fully saturated rings. The summed E-state index contributed by atoms with van der Waals surface area (Å²) in [5, 5.41) is 1.79. The van der Waals surface area contributed by atoms with Gasteiger partial charge in [-0.15, -0.1) is 0 Å². The highest BCUT2D eigenvalue weighted by Crippen LogP contribution is 2.29. The van der Waals surface area contributed by atoms with E-state index in [9.17, 15) is 0 Å². The van der Waals surface area contributed by atoms with Gasteiger partial charge in [-0.3, -0.25) is 0 Å². The second kappa shape index (κ2) is 4.00. The molecule has 2 aromatic heterocycles. The first-order valence-electron chi connectivity index (χ1n) is 5.93. The minimum atomic E-state index is 0.396. The third kappa shape index (κ3) is 1.74. The first kappa shape index (κ1) is 11.1. The molecule has 0 atom stereocenters. The largest absolute Gasteiger partial charge is 0.373 e. The average Bonchev–Trinajstić information content (AvgIpc) is 2.65. The second-order valence-electron chi connectivity index (χ2n) is 4.78. The van der Waals surface area contributed by atoms with E-state index in [2.05, 4.69) is 35.5 Å². The van der Waals surface area contributed by atoms with E-state index in [1.807, 2.05) is 0 Å². The van der Waals surface area contributed by atoms with Gasteiger partial charge >= 0.3 is 0 Å². The zero-order chi connectivity index (χ0) is 12.0. The minimum Gasteiger partial charge on any atom is -0.373 e. The molecule has 3 heterocycles. The molecule has 0 bridgehead atoms. The molecule has 0 radical (unpaired) electrons. The maximum absolute atomic E-state index is 6.24. The van der Waals surface area contributed by atoms with Crippen LogP contribution in [0.25, 0.3) is 11.0 Å². The lowest BCUT2D eigenvalue weighted by molar-refractivity contribution is 0.0863. The fourth-order valence-corrected chi connectivity index (χ4v) is 2.69. The van der Waals surface area contributed by atoms with E-state index in [1.54, 1.807) is 0 Å². The molecule has 4 heteroatoms. The van der Waals surface area contributed by atoms with Crippen molar-refractivity contribution in [3.05, 3.63) is 28.5 Å². The Morgan fingerprint density at radius 3 is 3.00 bits per heavy atom. The summed E-state index contributed by atoms with van der Waals surface area (Å²) in [5.41, 5.74) is 3.29. The minimum absolute atomic E-state index is 0.396. The first-order chi connectivity index (χ1) is 8.16. The van der Waals surface area contributed by atoms with Crippen LogP contribution < -0.4 is 0 Å². The Labute approximate surface area is 105 Å². The Hall–Kier alpha value is -1.06. The molecule has 3 nitrogen and oxygen atoms in total. The van der Waals surface area contributed by atoms with Gasteiger partial charge in [0, 0.05) is 17.6 Å². The summed E-state index contributed by atoms with van der Waals surface area (Å²) in [6, 6.07) is 4.31. The van der Waals surface area contributed by atoms with Crippen LogP contribution in [0.1, 0.15) is 31.0 Å². The molecule has 2 aromatic rings. The molecule has 0 saturated carbocycles. The summed E-state index contributed by atoms with van der Waals surface area (Å²) >= 11 is 6.24. The van der Waals surface area contributed by atoms with E-state index < -0.39 is 0 Å². The molecule has 0 N–H and O–H groups in total. The van der Waals surface area contributed by atoms with Gasteiger partial charge in [0.05, 0.1) is 13.2 Å². The quantitative estimate of drug-likeness (QED) is 0.726. The molecule has 1 aliphatic heterocycles. The van der Waals surface area contributed by atoms with Gasteiger partial charge in [-0.1, -0.05) is 25.4 Å². The van der Waals surface area contributed by atoms with Crippen LogP contribution in [0.3, 0.4) is 0 Å². The molecule has 0 spiro atoms. The molecule has 1 aliphatic rings.